The fourth-order valence-electron chi connectivity index (χ4n) is 3.53. The van der Waals surface area contributed by atoms with Gasteiger partial charge in [0.15, 0.2) is 12.0 Å². The number of ether oxygens (including phenoxy) is 3. The Morgan fingerprint density at radius 1 is 1.11 bits per heavy atom. The standard InChI is InChI=1S/C27H30N2O8/c1-5-18-10-20(14-31)22(11-19(18)13-30)21-8-9-23(25(32)28-12-17-6-7-17)29-24(21)26(33)36-16(4)37-27(34)35-15(2)3/h5,8-11,14-17,30H,1,6-7,12-13H2,2-4H3,(H,28,32). The quantitative estimate of drug-likeness (QED) is 0.261. The van der Waals surface area contributed by atoms with E-state index < -0.39 is 30.4 Å². The van der Waals surface area contributed by atoms with Gasteiger partial charge in [-0.3, -0.25) is 9.59 Å². The van der Waals surface area contributed by atoms with Crippen LogP contribution in [-0.4, -0.2) is 53.3 Å². The second-order valence-electron chi connectivity index (χ2n) is 8.87. The number of nitrogens with one attached hydrogen (secondary N) is 1. The topological polar surface area (TPSA) is 141 Å². The lowest BCUT2D eigenvalue weighted by Gasteiger charge is -2.17. The Morgan fingerprint density at radius 3 is 2.43 bits per heavy atom. The molecule has 0 saturated heterocycles. The van der Waals surface area contributed by atoms with Crippen molar-refractivity contribution in [1.29, 1.82) is 0 Å². The maximum absolute atomic E-state index is 13.2. The van der Waals surface area contributed by atoms with Crippen molar-refractivity contribution in [2.75, 3.05) is 6.54 Å². The zero-order chi connectivity index (χ0) is 27.1. The molecule has 1 heterocycles. The van der Waals surface area contributed by atoms with Gasteiger partial charge in [0.2, 0.25) is 6.29 Å². The Morgan fingerprint density at radius 2 is 1.84 bits per heavy atom. The molecule has 1 aliphatic carbocycles. The molecule has 37 heavy (non-hydrogen) atoms. The molecule has 1 aromatic heterocycles. The van der Waals surface area contributed by atoms with E-state index in [9.17, 15) is 24.3 Å². The first-order valence-electron chi connectivity index (χ1n) is 11.9. The monoisotopic (exact) mass is 510 g/mol. The molecule has 0 radical (unpaired) electrons. The molecule has 1 aromatic carbocycles. The molecule has 0 bridgehead atoms. The number of aldehydes is 1. The lowest BCUT2D eigenvalue weighted by molar-refractivity contribution is -0.0868. The molecule has 1 unspecified atom stereocenters. The summed E-state index contributed by atoms with van der Waals surface area (Å²) in [5, 5.41) is 12.6. The number of hydrogen-bond acceptors (Lipinski definition) is 9. The smallest absolute Gasteiger partial charge is 0.431 e. The lowest BCUT2D eigenvalue weighted by atomic mass is 9.93. The summed E-state index contributed by atoms with van der Waals surface area (Å²) in [6.07, 6.45) is 1.40. The maximum atomic E-state index is 13.2. The number of hydrogen-bond donors (Lipinski definition) is 2. The number of carbonyl (C=O) groups excluding carboxylic acids is 4. The highest BCUT2D eigenvalue weighted by Gasteiger charge is 2.26. The third-order valence-electron chi connectivity index (χ3n) is 5.56. The van der Waals surface area contributed by atoms with E-state index in [1.807, 2.05) is 0 Å². The second-order valence-corrected chi connectivity index (χ2v) is 8.87. The average Bonchev–Trinajstić information content (AvgIpc) is 3.69. The Hall–Kier alpha value is -4.05. The summed E-state index contributed by atoms with van der Waals surface area (Å²) in [7, 11) is 0. The van der Waals surface area contributed by atoms with Crippen LogP contribution in [-0.2, 0) is 20.8 Å². The molecule has 10 nitrogen and oxygen atoms in total. The molecule has 2 N–H and O–H groups in total. The molecule has 0 aliphatic heterocycles. The highest BCUT2D eigenvalue weighted by Crippen LogP contribution is 2.31. The van der Waals surface area contributed by atoms with Crippen molar-refractivity contribution in [3.05, 3.63) is 58.9 Å². The van der Waals surface area contributed by atoms with Gasteiger partial charge in [0.25, 0.3) is 5.91 Å². The van der Waals surface area contributed by atoms with Crippen LogP contribution in [0.1, 0.15) is 76.1 Å². The summed E-state index contributed by atoms with van der Waals surface area (Å²) < 4.78 is 15.1. The van der Waals surface area contributed by atoms with Gasteiger partial charge in [-0.15, -0.1) is 0 Å². The van der Waals surface area contributed by atoms with Gasteiger partial charge in [-0.2, -0.15) is 0 Å². The number of carbonyl (C=O) groups is 4. The van der Waals surface area contributed by atoms with Crippen LogP contribution < -0.4 is 5.32 Å². The number of aliphatic hydroxyl groups excluding tert-OH is 1. The van der Waals surface area contributed by atoms with Gasteiger partial charge in [0.1, 0.15) is 5.69 Å². The van der Waals surface area contributed by atoms with E-state index in [0.29, 0.717) is 35.4 Å². The van der Waals surface area contributed by atoms with E-state index in [0.717, 1.165) is 12.8 Å². The fourth-order valence-corrected chi connectivity index (χ4v) is 3.53. The number of aliphatic hydroxyl groups is 1. The van der Waals surface area contributed by atoms with E-state index in [1.54, 1.807) is 19.9 Å². The van der Waals surface area contributed by atoms with Crippen molar-refractivity contribution in [3.8, 4) is 11.1 Å². The highest BCUT2D eigenvalue weighted by atomic mass is 16.8. The molecule has 10 heteroatoms. The Balaban J connectivity index is 2.00. The Bertz CT molecular complexity index is 1200. The van der Waals surface area contributed by atoms with Crippen LogP contribution in [0.4, 0.5) is 4.79 Å². The molecule has 0 spiro atoms. The zero-order valence-electron chi connectivity index (χ0n) is 21.0. The van der Waals surface area contributed by atoms with E-state index in [2.05, 4.69) is 16.9 Å². The Labute approximate surface area is 214 Å². The predicted molar refractivity (Wildman–Crippen MR) is 134 cm³/mol. The average molecular weight is 511 g/mol. The largest absolute Gasteiger partial charge is 0.511 e. The number of benzene rings is 1. The van der Waals surface area contributed by atoms with Gasteiger partial charge in [-0.1, -0.05) is 12.7 Å². The first-order valence-corrected chi connectivity index (χ1v) is 11.9. The van der Waals surface area contributed by atoms with E-state index >= 15 is 0 Å². The summed E-state index contributed by atoms with van der Waals surface area (Å²) in [5.74, 6) is -1.02. The number of amides is 1. The highest BCUT2D eigenvalue weighted by molar-refractivity contribution is 6.01. The first-order chi connectivity index (χ1) is 17.7. The van der Waals surface area contributed by atoms with Crippen LogP contribution in [0.5, 0.6) is 0 Å². The summed E-state index contributed by atoms with van der Waals surface area (Å²) in [6.45, 7) is 8.45. The normalized spacial score (nSPS) is 13.4. The number of pyridine rings is 1. The number of rotatable bonds is 11. The zero-order valence-corrected chi connectivity index (χ0v) is 21.0. The van der Waals surface area contributed by atoms with Crippen molar-refractivity contribution < 1.29 is 38.5 Å². The molecule has 2 aromatic rings. The summed E-state index contributed by atoms with van der Waals surface area (Å²) in [6, 6.07) is 5.98. The maximum Gasteiger partial charge on any atom is 0.511 e. The minimum absolute atomic E-state index is 0.0260. The van der Waals surface area contributed by atoms with E-state index in [4.69, 9.17) is 14.2 Å². The van der Waals surface area contributed by atoms with E-state index in [1.165, 1.54) is 31.2 Å². The molecule has 1 amide bonds. The number of aromatic nitrogens is 1. The third kappa shape index (κ3) is 7.23. The van der Waals surface area contributed by atoms with Gasteiger partial charge in [0, 0.05) is 24.6 Å². The van der Waals surface area contributed by atoms with E-state index in [-0.39, 0.29) is 29.1 Å². The lowest BCUT2D eigenvalue weighted by Crippen LogP contribution is -2.28. The molecule has 196 valence electrons. The first kappa shape index (κ1) is 27.5. The van der Waals surface area contributed by atoms with Crippen LogP contribution in [0, 0.1) is 5.92 Å². The van der Waals surface area contributed by atoms with Crippen molar-refractivity contribution >= 4 is 30.4 Å². The minimum Gasteiger partial charge on any atom is -0.431 e. The van der Waals surface area contributed by atoms with Crippen LogP contribution >= 0.6 is 0 Å². The second kappa shape index (κ2) is 12.3. The van der Waals surface area contributed by atoms with Crippen molar-refractivity contribution in [2.45, 2.75) is 52.6 Å². The van der Waals surface area contributed by atoms with Gasteiger partial charge in [-0.05, 0) is 73.6 Å². The van der Waals surface area contributed by atoms with Gasteiger partial charge in [-0.25, -0.2) is 14.6 Å². The molecule has 3 rings (SSSR count). The molecule has 1 atom stereocenters. The minimum atomic E-state index is -1.33. The van der Waals surface area contributed by atoms with Gasteiger partial charge in [0.05, 0.1) is 12.7 Å². The Kier molecular flexibility index (Phi) is 9.13. The number of esters is 1. The third-order valence-corrected chi connectivity index (χ3v) is 5.56. The SMILES string of the molecule is C=Cc1cc(C=O)c(-c2ccc(C(=O)NCC3CC3)nc2C(=O)OC(C)OC(=O)OC(C)C)cc1CO. The van der Waals surface area contributed by atoms with Gasteiger partial charge >= 0.3 is 12.1 Å². The van der Waals surface area contributed by atoms with Gasteiger partial charge < -0.3 is 24.6 Å². The summed E-state index contributed by atoms with van der Waals surface area (Å²) >= 11 is 0. The molecule has 1 aliphatic rings. The molecular weight excluding hydrogens is 480 g/mol. The molecule has 1 fully saturated rings. The number of nitrogens with zero attached hydrogens (tertiary/aromatic N) is 1. The van der Waals surface area contributed by atoms with Crippen LogP contribution in [0.15, 0.2) is 30.8 Å². The van der Waals surface area contributed by atoms with Crippen LogP contribution in [0.2, 0.25) is 0 Å². The summed E-state index contributed by atoms with van der Waals surface area (Å²) in [5.41, 5.74) is 1.40. The van der Waals surface area contributed by atoms with Crippen LogP contribution in [0.3, 0.4) is 0 Å². The predicted octanol–water partition coefficient (Wildman–Crippen LogP) is 3.90. The van der Waals surface area contributed by atoms with Crippen molar-refractivity contribution in [3.63, 3.8) is 0 Å². The fraction of sp³-hybridized carbons (Fsp3) is 0.370. The van der Waals surface area contributed by atoms with Crippen LogP contribution in [0.25, 0.3) is 17.2 Å². The summed E-state index contributed by atoms with van der Waals surface area (Å²) in [4.78, 5) is 53.8. The van der Waals surface area contributed by atoms with Crippen molar-refractivity contribution in [1.82, 2.24) is 10.3 Å². The van der Waals surface area contributed by atoms with Crippen molar-refractivity contribution in [2.24, 2.45) is 5.92 Å². The molecule has 1 saturated carbocycles. The molecular formula is C27H30N2O8.